The fourth-order valence-corrected chi connectivity index (χ4v) is 8.23. The number of aliphatic hydroxyl groups excluding tert-OH is 1. The number of nitriles is 1. The molecule has 278 valence electrons. The molecule has 2 N–H and O–H groups in total. The van der Waals surface area contributed by atoms with Gasteiger partial charge in [0.1, 0.15) is 42.2 Å². The van der Waals surface area contributed by atoms with Gasteiger partial charge in [-0.15, -0.1) is 0 Å². The quantitative estimate of drug-likeness (QED) is 0.123. The number of ether oxygens (including phenoxy) is 3. The van der Waals surface area contributed by atoms with E-state index in [2.05, 4.69) is 33.4 Å². The highest BCUT2D eigenvalue weighted by atomic mass is 35.5. The summed E-state index contributed by atoms with van der Waals surface area (Å²) in [6, 6.07) is 19.7. The number of benzene rings is 3. The van der Waals surface area contributed by atoms with E-state index in [0.717, 1.165) is 86.0 Å². The summed E-state index contributed by atoms with van der Waals surface area (Å²) in [5, 5.41) is 24.3. The number of likely N-dealkylation sites (tertiary alicyclic amines) is 1. The Labute approximate surface area is 320 Å². The molecule has 2 fully saturated rings. The van der Waals surface area contributed by atoms with Gasteiger partial charge in [-0.25, -0.2) is 4.39 Å². The number of pyridine rings is 1. The molecule has 2 aliphatic carbocycles. The Kier molecular flexibility index (Phi) is 12.3. The van der Waals surface area contributed by atoms with E-state index < -0.39 is 6.17 Å². The molecule has 1 saturated heterocycles. The normalized spacial score (nSPS) is 20.2. The molecule has 0 unspecified atom stereocenters. The van der Waals surface area contributed by atoms with Crippen LogP contribution in [0.3, 0.4) is 0 Å². The molecule has 1 aromatic heterocycles. The fraction of sp³-hybridized carbons (Fsp3) is 0.429. The van der Waals surface area contributed by atoms with Crippen LogP contribution >= 0.6 is 23.2 Å². The first-order valence-corrected chi connectivity index (χ1v) is 19.4. The molecule has 2 heterocycles. The van der Waals surface area contributed by atoms with Crippen LogP contribution in [0.1, 0.15) is 78.9 Å². The highest BCUT2D eigenvalue weighted by molar-refractivity contribution is 6.35. The Hall–Kier alpha value is -3.91. The minimum Gasteiger partial charge on any atom is -0.492 e. The largest absolute Gasteiger partial charge is 0.492 e. The molecule has 0 radical (unpaired) electrons. The lowest BCUT2D eigenvalue weighted by molar-refractivity contribution is 0.143. The highest BCUT2D eigenvalue weighted by Gasteiger charge is 2.29. The predicted molar refractivity (Wildman–Crippen MR) is 204 cm³/mol. The maximum Gasteiger partial charge on any atom is 0.142 e. The molecule has 53 heavy (non-hydrogen) atoms. The second-order valence-electron chi connectivity index (χ2n) is 14.2. The summed E-state index contributed by atoms with van der Waals surface area (Å²) in [6.45, 7) is 3.69. The first kappa shape index (κ1) is 37.4. The van der Waals surface area contributed by atoms with Crippen LogP contribution in [0.5, 0.6) is 17.2 Å². The third-order valence-electron chi connectivity index (χ3n) is 10.6. The first-order chi connectivity index (χ1) is 25.9. The van der Waals surface area contributed by atoms with E-state index in [0.29, 0.717) is 58.9 Å². The second kappa shape index (κ2) is 17.5. The number of fused-ring (bicyclic) bond motifs is 1. The molecule has 0 bridgehead atoms. The van der Waals surface area contributed by atoms with Gasteiger partial charge in [-0.3, -0.25) is 4.98 Å². The molecule has 7 rings (SSSR count). The van der Waals surface area contributed by atoms with E-state index in [9.17, 15) is 14.8 Å². The number of nitrogens with zero attached hydrogens (tertiary/aromatic N) is 3. The lowest BCUT2D eigenvalue weighted by Crippen LogP contribution is -2.35. The zero-order valence-electron chi connectivity index (χ0n) is 29.7. The molecule has 11 heteroatoms. The summed E-state index contributed by atoms with van der Waals surface area (Å²) in [5.74, 6) is 1.77. The number of hydrogen-bond acceptors (Lipinski definition) is 8. The Morgan fingerprint density at radius 1 is 0.943 bits per heavy atom. The van der Waals surface area contributed by atoms with Crippen molar-refractivity contribution in [3.8, 4) is 34.4 Å². The SMILES string of the molecule is N#Cc1cncc(COc2cc(O[C@H]3CCc4c(-c5cccc(OCCCN6CCC(F)CC6)c5Cl)cccc43)c(Cl)cc2CN[C@H]2CCC[C@H]2O)c1. The van der Waals surface area contributed by atoms with Gasteiger partial charge in [0, 0.05) is 67.4 Å². The van der Waals surface area contributed by atoms with Crippen molar-refractivity contribution in [1.82, 2.24) is 15.2 Å². The first-order valence-electron chi connectivity index (χ1n) is 18.6. The molecule has 4 aromatic rings. The number of hydrogen-bond donors (Lipinski definition) is 2. The number of aliphatic hydroxyl groups is 1. The van der Waals surface area contributed by atoms with Gasteiger partial charge in [-0.1, -0.05) is 53.5 Å². The Bertz CT molecular complexity index is 1930. The standard InChI is InChI=1S/C42H45Cl2FN4O4/c43-35-20-29(25-48-36-8-3-9-37(36)50)40(52-26-28-19-27(22-46)23-47-24-28)21-41(35)53-38-12-11-32-31(5-1-6-33(32)38)34-7-2-10-39(42(34)44)51-18-4-15-49-16-13-30(45)14-17-49/h1-2,5-7,10,19-21,23-24,30,36-38,48,50H,3-4,8-9,11-18,25-26H2/t36-,37+,38-/m0/s1. The summed E-state index contributed by atoms with van der Waals surface area (Å²) in [4.78, 5) is 6.47. The molecule has 3 aromatic carbocycles. The minimum absolute atomic E-state index is 0.0105. The van der Waals surface area contributed by atoms with Crippen LogP contribution in [-0.4, -0.2) is 59.5 Å². The van der Waals surface area contributed by atoms with Crippen LogP contribution < -0.4 is 19.5 Å². The van der Waals surface area contributed by atoms with Crippen LogP contribution in [0.4, 0.5) is 4.39 Å². The van der Waals surface area contributed by atoms with Crippen molar-refractivity contribution in [3.63, 3.8) is 0 Å². The van der Waals surface area contributed by atoms with Crippen LogP contribution in [0.25, 0.3) is 11.1 Å². The predicted octanol–water partition coefficient (Wildman–Crippen LogP) is 8.78. The van der Waals surface area contributed by atoms with Crippen LogP contribution in [0.2, 0.25) is 10.0 Å². The van der Waals surface area contributed by atoms with Crippen molar-refractivity contribution in [1.29, 1.82) is 5.26 Å². The monoisotopic (exact) mass is 758 g/mol. The van der Waals surface area contributed by atoms with Gasteiger partial charge in [0.25, 0.3) is 0 Å². The number of rotatable bonds is 14. The number of halogens is 3. The maximum atomic E-state index is 13.5. The summed E-state index contributed by atoms with van der Waals surface area (Å²) in [7, 11) is 0. The third kappa shape index (κ3) is 9.08. The van der Waals surface area contributed by atoms with E-state index >= 15 is 0 Å². The van der Waals surface area contributed by atoms with Crippen molar-refractivity contribution in [2.45, 2.75) is 88.9 Å². The molecule has 3 aliphatic rings. The van der Waals surface area contributed by atoms with Crippen molar-refractivity contribution in [2.24, 2.45) is 0 Å². The van der Waals surface area contributed by atoms with Gasteiger partial charge in [-0.2, -0.15) is 5.26 Å². The molecule has 0 amide bonds. The molecule has 0 spiro atoms. The summed E-state index contributed by atoms with van der Waals surface area (Å²) in [6.07, 6.45) is 8.25. The van der Waals surface area contributed by atoms with Crippen molar-refractivity contribution in [3.05, 3.63) is 105 Å². The highest BCUT2D eigenvalue weighted by Crippen LogP contribution is 2.45. The van der Waals surface area contributed by atoms with Crippen LogP contribution in [0, 0.1) is 11.3 Å². The second-order valence-corrected chi connectivity index (χ2v) is 15.0. The third-order valence-corrected chi connectivity index (χ3v) is 11.3. The Morgan fingerprint density at radius 2 is 1.77 bits per heavy atom. The topological polar surface area (TPSA) is 99.9 Å². The Balaban J connectivity index is 1.06. The van der Waals surface area contributed by atoms with Crippen molar-refractivity contribution in [2.75, 3.05) is 26.2 Å². The fourth-order valence-electron chi connectivity index (χ4n) is 7.72. The van der Waals surface area contributed by atoms with Gasteiger partial charge >= 0.3 is 0 Å². The average Bonchev–Trinajstić information content (AvgIpc) is 3.79. The van der Waals surface area contributed by atoms with Crippen molar-refractivity contribution >= 4 is 23.2 Å². The van der Waals surface area contributed by atoms with E-state index in [-0.39, 0.29) is 24.9 Å². The van der Waals surface area contributed by atoms with E-state index in [1.165, 1.54) is 11.8 Å². The lowest BCUT2D eigenvalue weighted by atomic mass is 9.96. The van der Waals surface area contributed by atoms with E-state index in [1.807, 2.05) is 36.4 Å². The molecule has 1 saturated carbocycles. The van der Waals surface area contributed by atoms with Gasteiger partial charge < -0.3 is 29.5 Å². The van der Waals surface area contributed by atoms with Crippen LogP contribution in [-0.2, 0) is 19.6 Å². The van der Waals surface area contributed by atoms with Crippen molar-refractivity contribution < 1.29 is 23.7 Å². The number of alkyl halides is 1. The Morgan fingerprint density at radius 3 is 2.58 bits per heavy atom. The average molecular weight is 760 g/mol. The minimum atomic E-state index is -0.669. The summed E-state index contributed by atoms with van der Waals surface area (Å²) >= 11 is 13.9. The number of nitrogens with one attached hydrogen (secondary N) is 1. The van der Waals surface area contributed by atoms with Gasteiger partial charge in [0.2, 0.25) is 0 Å². The molecule has 8 nitrogen and oxygen atoms in total. The summed E-state index contributed by atoms with van der Waals surface area (Å²) < 4.78 is 32.7. The zero-order valence-corrected chi connectivity index (χ0v) is 31.2. The van der Waals surface area contributed by atoms with Gasteiger partial charge in [-0.05, 0) is 86.3 Å². The molecular formula is C42H45Cl2FN4O4. The zero-order chi connectivity index (χ0) is 36.7. The maximum absolute atomic E-state index is 13.5. The lowest BCUT2D eigenvalue weighted by Gasteiger charge is -2.28. The smallest absolute Gasteiger partial charge is 0.142 e. The summed E-state index contributed by atoms with van der Waals surface area (Å²) in [5.41, 5.74) is 6.31. The van der Waals surface area contributed by atoms with Crippen LogP contribution in [0.15, 0.2) is 67.0 Å². The van der Waals surface area contributed by atoms with Gasteiger partial charge in [0.05, 0.1) is 28.3 Å². The molecule has 1 aliphatic heterocycles. The number of aromatic nitrogens is 1. The molecule has 3 atom stereocenters. The van der Waals surface area contributed by atoms with Gasteiger partial charge in [0.15, 0.2) is 0 Å². The molecular weight excluding hydrogens is 714 g/mol. The van der Waals surface area contributed by atoms with E-state index in [4.69, 9.17) is 37.4 Å². The number of piperidine rings is 1. The van der Waals surface area contributed by atoms with E-state index in [1.54, 1.807) is 12.3 Å².